The Balaban J connectivity index is 2.06. The number of aliphatic hydroxyl groups is 1. The Morgan fingerprint density at radius 2 is 1.94 bits per heavy atom. The lowest BCUT2D eigenvalue weighted by molar-refractivity contribution is 0.125. The van der Waals surface area contributed by atoms with Crippen LogP contribution in [0.5, 0.6) is 0 Å². The molecular formula is C14H17NO2. The summed E-state index contributed by atoms with van der Waals surface area (Å²) in [6, 6.07) is 13.8. The third kappa shape index (κ3) is 2.96. The molecule has 2 rings (SSSR count). The minimum Gasteiger partial charge on any atom is -0.468 e. The number of benzene rings is 1. The van der Waals surface area contributed by atoms with E-state index >= 15 is 0 Å². The van der Waals surface area contributed by atoms with Gasteiger partial charge >= 0.3 is 0 Å². The summed E-state index contributed by atoms with van der Waals surface area (Å²) in [6.07, 6.45) is 1.63. The van der Waals surface area contributed by atoms with Crippen LogP contribution in [0.1, 0.15) is 17.4 Å². The van der Waals surface area contributed by atoms with Crippen molar-refractivity contribution in [2.24, 2.45) is 0 Å². The van der Waals surface area contributed by atoms with Crippen molar-refractivity contribution in [2.45, 2.75) is 12.6 Å². The maximum Gasteiger partial charge on any atom is 0.123 e. The summed E-state index contributed by atoms with van der Waals surface area (Å²) in [5, 5.41) is 9.44. The number of hydrogen-bond acceptors (Lipinski definition) is 3. The molecule has 1 aromatic carbocycles. The quantitative estimate of drug-likeness (QED) is 0.858. The number of aliphatic hydroxyl groups excluding tert-OH is 1. The van der Waals surface area contributed by atoms with Gasteiger partial charge in [-0.15, -0.1) is 0 Å². The standard InChI is InChI=1S/C14H17NO2/c1-15(10-12-6-3-2-4-7-12)13(11-16)14-8-5-9-17-14/h2-9,13,16H,10-11H2,1H3. The second-order valence-electron chi connectivity index (χ2n) is 4.11. The van der Waals surface area contributed by atoms with Crippen LogP contribution in [-0.2, 0) is 6.54 Å². The number of furan rings is 1. The molecule has 0 radical (unpaired) electrons. The molecule has 1 unspecified atom stereocenters. The first-order valence-corrected chi connectivity index (χ1v) is 5.69. The summed E-state index contributed by atoms with van der Waals surface area (Å²) < 4.78 is 5.34. The van der Waals surface area contributed by atoms with Crippen LogP contribution in [0.25, 0.3) is 0 Å². The van der Waals surface area contributed by atoms with Gasteiger partial charge in [0.25, 0.3) is 0 Å². The van der Waals surface area contributed by atoms with Gasteiger partial charge in [-0.05, 0) is 24.7 Å². The minimum atomic E-state index is -0.0924. The number of likely N-dealkylation sites (N-methyl/N-ethyl adjacent to an activating group) is 1. The predicted octanol–water partition coefficient (Wildman–Crippen LogP) is 2.45. The highest BCUT2D eigenvalue weighted by molar-refractivity contribution is 5.15. The Hall–Kier alpha value is -1.58. The first kappa shape index (κ1) is 11.9. The van der Waals surface area contributed by atoms with Crippen molar-refractivity contribution in [3.05, 3.63) is 60.1 Å². The molecular weight excluding hydrogens is 214 g/mol. The van der Waals surface area contributed by atoms with E-state index in [1.54, 1.807) is 6.26 Å². The van der Waals surface area contributed by atoms with Gasteiger partial charge in [-0.2, -0.15) is 0 Å². The molecule has 1 N–H and O–H groups in total. The number of hydrogen-bond donors (Lipinski definition) is 1. The van der Waals surface area contributed by atoms with Crippen molar-refractivity contribution in [1.82, 2.24) is 4.90 Å². The van der Waals surface area contributed by atoms with Gasteiger partial charge in [-0.25, -0.2) is 0 Å². The summed E-state index contributed by atoms with van der Waals surface area (Å²) in [7, 11) is 1.98. The molecule has 2 aromatic rings. The number of nitrogens with zero attached hydrogens (tertiary/aromatic N) is 1. The second-order valence-corrected chi connectivity index (χ2v) is 4.11. The predicted molar refractivity (Wildman–Crippen MR) is 66.4 cm³/mol. The topological polar surface area (TPSA) is 36.6 Å². The van der Waals surface area contributed by atoms with Crippen LogP contribution in [0, 0.1) is 0 Å². The van der Waals surface area contributed by atoms with Crippen molar-refractivity contribution in [3.8, 4) is 0 Å². The third-order valence-electron chi connectivity index (χ3n) is 2.85. The molecule has 0 saturated heterocycles. The highest BCUT2D eigenvalue weighted by Crippen LogP contribution is 2.20. The zero-order valence-electron chi connectivity index (χ0n) is 9.91. The first-order chi connectivity index (χ1) is 8.31. The molecule has 0 spiro atoms. The van der Waals surface area contributed by atoms with E-state index in [-0.39, 0.29) is 12.6 Å². The lowest BCUT2D eigenvalue weighted by Crippen LogP contribution is -2.26. The molecule has 90 valence electrons. The Bertz CT molecular complexity index is 425. The van der Waals surface area contributed by atoms with Crippen LogP contribution < -0.4 is 0 Å². The van der Waals surface area contributed by atoms with E-state index in [2.05, 4.69) is 17.0 Å². The highest BCUT2D eigenvalue weighted by Gasteiger charge is 2.18. The molecule has 0 aliphatic carbocycles. The van der Waals surface area contributed by atoms with Crippen LogP contribution in [0.4, 0.5) is 0 Å². The maximum atomic E-state index is 9.44. The smallest absolute Gasteiger partial charge is 0.123 e. The largest absolute Gasteiger partial charge is 0.468 e. The zero-order chi connectivity index (χ0) is 12.1. The van der Waals surface area contributed by atoms with Crippen molar-refractivity contribution < 1.29 is 9.52 Å². The van der Waals surface area contributed by atoms with Gasteiger partial charge in [0.1, 0.15) is 5.76 Å². The van der Waals surface area contributed by atoms with Crippen LogP contribution in [0.2, 0.25) is 0 Å². The highest BCUT2D eigenvalue weighted by atomic mass is 16.3. The molecule has 3 heteroatoms. The van der Waals surface area contributed by atoms with Crippen molar-refractivity contribution in [2.75, 3.05) is 13.7 Å². The molecule has 0 fully saturated rings. The fraction of sp³-hybridized carbons (Fsp3) is 0.286. The summed E-state index contributed by atoms with van der Waals surface area (Å²) in [4.78, 5) is 2.08. The molecule has 17 heavy (non-hydrogen) atoms. The molecule has 0 bridgehead atoms. The Labute approximate surface area is 101 Å². The van der Waals surface area contributed by atoms with Gasteiger partial charge < -0.3 is 9.52 Å². The fourth-order valence-corrected chi connectivity index (χ4v) is 1.91. The summed E-state index contributed by atoms with van der Waals surface area (Å²) in [5.74, 6) is 0.797. The van der Waals surface area contributed by atoms with Crippen LogP contribution in [0.3, 0.4) is 0 Å². The van der Waals surface area contributed by atoms with Gasteiger partial charge in [0.05, 0.1) is 18.9 Å². The van der Waals surface area contributed by atoms with E-state index in [1.165, 1.54) is 5.56 Å². The summed E-state index contributed by atoms with van der Waals surface area (Å²) in [6.45, 7) is 0.837. The van der Waals surface area contributed by atoms with Crippen LogP contribution in [-0.4, -0.2) is 23.7 Å². The molecule has 0 amide bonds. The van der Waals surface area contributed by atoms with E-state index < -0.39 is 0 Å². The minimum absolute atomic E-state index is 0.0524. The molecule has 3 nitrogen and oxygen atoms in total. The van der Waals surface area contributed by atoms with Gasteiger partial charge in [0, 0.05) is 6.54 Å². The fourth-order valence-electron chi connectivity index (χ4n) is 1.91. The number of rotatable bonds is 5. The van der Waals surface area contributed by atoms with Gasteiger partial charge in [0.15, 0.2) is 0 Å². The van der Waals surface area contributed by atoms with Crippen LogP contribution >= 0.6 is 0 Å². The van der Waals surface area contributed by atoms with Gasteiger partial charge in [0.2, 0.25) is 0 Å². The molecule has 0 aliphatic rings. The molecule has 0 saturated carbocycles. The van der Waals surface area contributed by atoms with E-state index in [0.29, 0.717) is 0 Å². The van der Waals surface area contributed by atoms with E-state index in [9.17, 15) is 5.11 Å². The average molecular weight is 231 g/mol. The molecule has 0 aliphatic heterocycles. The Morgan fingerprint density at radius 1 is 1.18 bits per heavy atom. The van der Waals surface area contributed by atoms with Crippen LogP contribution in [0.15, 0.2) is 53.1 Å². The Morgan fingerprint density at radius 3 is 2.53 bits per heavy atom. The second kappa shape index (κ2) is 5.66. The lowest BCUT2D eigenvalue weighted by Gasteiger charge is -2.24. The zero-order valence-corrected chi connectivity index (χ0v) is 9.91. The molecule has 1 aromatic heterocycles. The van der Waals surface area contributed by atoms with Crippen molar-refractivity contribution >= 4 is 0 Å². The normalized spacial score (nSPS) is 12.9. The molecule has 1 heterocycles. The average Bonchev–Trinajstić information content (AvgIpc) is 2.85. The summed E-state index contributed by atoms with van der Waals surface area (Å²) >= 11 is 0. The van der Waals surface area contributed by atoms with Crippen molar-refractivity contribution in [1.29, 1.82) is 0 Å². The maximum absolute atomic E-state index is 9.44. The molecule has 1 atom stereocenters. The Kier molecular flexibility index (Phi) is 3.96. The third-order valence-corrected chi connectivity index (χ3v) is 2.85. The summed E-state index contributed by atoms with van der Waals surface area (Å²) in [5.41, 5.74) is 1.22. The monoisotopic (exact) mass is 231 g/mol. The van der Waals surface area contributed by atoms with E-state index in [4.69, 9.17) is 4.42 Å². The van der Waals surface area contributed by atoms with Gasteiger partial charge in [-0.1, -0.05) is 30.3 Å². The van der Waals surface area contributed by atoms with Crippen molar-refractivity contribution in [3.63, 3.8) is 0 Å². The first-order valence-electron chi connectivity index (χ1n) is 5.69. The lowest BCUT2D eigenvalue weighted by atomic mass is 10.1. The SMILES string of the molecule is CN(Cc1ccccc1)C(CO)c1ccco1. The van der Waals surface area contributed by atoms with E-state index in [0.717, 1.165) is 12.3 Å². The van der Waals surface area contributed by atoms with Gasteiger partial charge in [-0.3, -0.25) is 4.90 Å². The van der Waals surface area contributed by atoms with E-state index in [1.807, 2.05) is 37.4 Å².